The average Bonchev–Trinajstić information content (AvgIpc) is 3.76. The fourth-order valence-electron chi connectivity index (χ4n) is 7.07. The zero-order chi connectivity index (χ0) is 33.0. The Morgan fingerprint density at radius 1 is 0.400 bits per heavy atom. The highest BCUT2D eigenvalue weighted by molar-refractivity contribution is 6.23. The Labute approximate surface area is 287 Å². The quantitative estimate of drug-likeness (QED) is 0.203. The molecule has 0 bridgehead atoms. The molecule has 0 radical (unpaired) electrons. The minimum Gasteiger partial charge on any atom is -0.456 e. The second-order valence-electron chi connectivity index (χ2n) is 12.6. The summed E-state index contributed by atoms with van der Waals surface area (Å²) in [4.78, 5) is 10.4. The van der Waals surface area contributed by atoms with Crippen LogP contribution in [0.3, 0.4) is 0 Å². The lowest BCUT2D eigenvalue weighted by molar-refractivity contribution is 0.665. The average molecular weight is 644 g/mol. The van der Waals surface area contributed by atoms with E-state index in [-0.39, 0.29) is 0 Å². The topological polar surface area (TPSA) is 63.0 Å². The van der Waals surface area contributed by atoms with Crippen LogP contribution in [0.5, 0.6) is 0 Å². The van der Waals surface area contributed by atoms with Gasteiger partial charge in [-0.25, -0.2) is 9.98 Å². The van der Waals surface area contributed by atoms with Gasteiger partial charge in [0.25, 0.3) is 0 Å². The normalized spacial score (nSPS) is 14.6. The third-order valence-electron chi connectivity index (χ3n) is 9.56. The SMILES string of the molecule is c1ccc(C2=NC(c3ccc4c(c3)oc3ccccc34)N=C(c3cccc4oc5ccc(-c6ccc(-c7ccccc7)cc6)cc5c34)N2)cc1. The standard InChI is InChI=1S/C45H29N3O2/c1-3-10-28(11-4-1)29-18-20-30(21-19-29)32-23-25-39-37(26-32)42-36(15-9-17-40(42)49-39)45-47-43(31-12-5-2-6-13-31)46-44(48-45)33-22-24-35-34-14-7-8-16-38(34)50-41(35)27-33/h1-27,44H,(H,46,47,48). The number of furan rings is 2. The third-order valence-corrected chi connectivity index (χ3v) is 9.56. The minimum atomic E-state index is -0.480. The van der Waals surface area contributed by atoms with Crippen molar-refractivity contribution in [3.63, 3.8) is 0 Å². The summed E-state index contributed by atoms with van der Waals surface area (Å²) in [5.74, 6) is 1.49. The lowest BCUT2D eigenvalue weighted by Crippen LogP contribution is -2.36. The van der Waals surface area contributed by atoms with Gasteiger partial charge in [-0.05, 0) is 52.6 Å². The number of para-hydroxylation sites is 1. The van der Waals surface area contributed by atoms with Gasteiger partial charge in [-0.2, -0.15) is 0 Å². The molecule has 1 atom stereocenters. The number of hydrogen-bond donors (Lipinski definition) is 1. The first kappa shape index (κ1) is 28.3. The molecule has 1 N–H and O–H groups in total. The maximum Gasteiger partial charge on any atom is 0.169 e. The number of fused-ring (bicyclic) bond motifs is 6. The van der Waals surface area contributed by atoms with Crippen LogP contribution in [0.2, 0.25) is 0 Å². The first-order chi connectivity index (χ1) is 24.7. The Balaban J connectivity index is 1.10. The zero-order valence-corrected chi connectivity index (χ0v) is 26.9. The molecule has 1 aliphatic heterocycles. The number of benzene rings is 7. The Morgan fingerprint density at radius 3 is 1.82 bits per heavy atom. The van der Waals surface area contributed by atoms with Crippen LogP contribution in [0.4, 0.5) is 0 Å². The summed E-state index contributed by atoms with van der Waals surface area (Å²) in [5.41, 5.74) is 10.9. The van der Waals surface area contributed by atoms with Crippen molar-refractivity contribution in [1.29, 1.82) is 0 Å². The van der Waals surface area contributed by atoms with Gasteiger partial charge in [0.1, 0.15) is 34.0 Å². The van der Waals surface area contributed by atoms with Crippen molar-refractivity contribution in [2.75, 3.05) is 0 Å². The molecule has 1 aliphatic rings. The minimum absolute atomic E-state index is 0.480. The van der Waals surface area contributed by atoms with Crippen LogP contribution in [-0.2, 0) is 0 Å². The van der Waals surface area contributed by atoms with E-state index in [0.29, 0.717) is 0 Å². The molecule has 5 nitrogen and oxygen atoms in total. The van der Waals surface area contributed by atoms with Crippen molar-refractivity contribution in [2.24, 2.45) is 9.98 Å². The first-order valence-corrected chi connectivity index (χ1v) is 16.8. The van der Waals surface area contributed by atoms with E-state index in [1.54, 1.807) is 0 Å². The monoisotopic (exact) mass is 643 g/mol. The summed E-state index contributed by atoms with van der Waals surface area (Å²) in [7, 11) is 0. The molecule has 0 fully saturated rings. The molecule has 2 aromatic heterocycles. The highest BCUT2D eigenvalue weighted by atomic mass is 16.3. The molecule has 0 spiro atoms. The summed E-state index contributed by atoms with van der Waals surface area (Å²) in [6.45, 7) is 0. The van der Waals surface area contributed by atoms with Crippen LogP contribution < -0.4 is 5.32 Å². The van der Waals surface area contributed by atoms with Crippen molar-refractivity contribution < 1.29 is 8.83 Å². The molecule has 0 saturated carbocycles. The Bertz CT molecular complexity index is 2770. The van der Waals surface area contributed by atoms with Crippen molar-refractivity contribution in [3.05, 3.63) is 180 Å². The summed E-state index contributed by atoms with van der Waals surface area (Å²) in [6.07, 6.45) is -0.480. The van der Waals surface area contributed by atoms with Crippen molar-refractivity contribution in [2.45, 2.75) is 6.17 Å². The van der Waals surface area contributed by atoms with Crippen LogP contribution in [0, 0.1) is 0 Å². The summed E-state index contributed by atoms with van der Waals surface area (Å²) in [6, 6.07) is 56.4. The molecule has 0 amide bonds. The molecule has 236 valence electrons. The molecule has 3 heterocycles. The summed E-state index contributed by atoms with van der Waals surface area (Å²) < 4.78 is 12.7. The van der Waals surface area contributed by atoms with E-state index >= 15 is 0 Å². The van der Waals surface area contributed by atoms with E-state index in [9.17, 15) is 0 Å². The number of hydrogen-bond acceptors (Lipinski definition) is 5. The third kappa shape index (κ3) is 4.79. The number of aliphatic imine (C=N–C) groups is 2. The number of rotatable bonds is 5. The Morgan fingerprint density at radius 2 is 1.00 bits per heavy atom. The van der Waals surface area contributed by atoms with E-state index in [2.05, 4.69) is 115 Å². The summed E-state index contributed by atoms with van der Waals surface area (Å²) >= 11 is 0. The van der Waals surface area contributed by atoms with Crippen molar-refractivity contribution in [1.82, 2.24) is 5.32 Å². The van der Waals surface area contributed by atoms with E-state index < -0.39 is 6.17 Å². The van der Waals surface area contributed by atoms with Gasteiger partial charge < -0.3 is 14.2 Å². The van der Waals surface area contributed by atoms with Gasteiger partial charge in [-0.3, -0.25) is 0 Å². The van der Waals surface area contributed by atoms with Gasteiger partial charge in [0.15, 0.2) is 6.17 Å². The first-order valence-electron chi connectivity index (χ1n) is 16.8. The maximum absolute atomic E-state index is 6.43. The largest absolute Gasteiger partial charge is 0.456 e. The molecule has 7 aromatic carbocycles. The van der Waals surface area contributed by atoms with Gasteiger partial charge in [-0.15, -0.1) is 0 Å². The number of nitrogens with zero attached hydrogens (tertiary/aromatic N) is 2. The molecule has 5 heteroatoms. The van der Waals surface area contributed by atoms with Crippen LogP contribution >= 0.6 is 0 Å². The van der Waals surface area contributed by atoms with Gasteiger partial charge in [0, 0.05) is 38.2 Å². The fraction of sp³-hybridized carbons (Fsp3) is 0.0222. The molecule has 0 aliphatic carbocycles. The Hall–Kier alpha value is -6.72. The molecule has 1 unspecified atom stereocenters. The van der Waals surface area contributed by atoms with Crippen molar-refractivity contribution >= 4 is 55.5 Å². The van der Waals surface area contributed by atoms with Gasteiger partial charge in [0.05, 0.1) is 0 Å². The van der Waals surface area contributed by atoms with E-state index in [1.165, 1.54) is 11.1 Å². The second kappa shape index (κ2) is 11.5. The smallest absolute Gasteiger partial charge is 0.169 e. The number of nitrogens with one attached hydrogen (secondary N) is 1. The van der Waals surface area contributed by atoms with Crippen LogP contribution in [0.1, 0.15) is 22.9 Å². The maximum atomic E-state index is 6.43. The van der Waals surface area contributed by atoms with Crippen LogP contribution in [-0.4, -0.2) is 11.7 Å². The molecule has 0 saturated heterocycles. The molecule has 50 heavy (non-hydrogen) atoms. The highest BCUT2D eigenvalue weighted by Gasteiger charge is 2.24. The molecular weight excluding hydrogens is 615 g/mol. The second-order valence-corrected chi connectivity index (χ2v) is 12.6. The van der Waals surface area contributed by atoms with Gasteiger partial charge >= 0.3 is 0 Å². The van der Waals surface area contributed by atoms with E-state index in [4.69, 9.17) is 18.8 Å². The fourth-order valence-corrected chi connectivity index (χ4v) is 7.07. The lowest BCUT2D eigenvalue weighted by atomic mass is 9.98. The van der Waals surface area contributed by atoms with Gasteiger partial charge in [-0.1, -0.05) is 133 Å². The zero-order valence-electron chi connectivity index (χ0n) is 26.9. The lowest BCUT2D eigenvalue weighted by Gasteiger charge is -2.22. The predicted octanol–water partition coefficient (Wildman–Crippen LogP) is 11.3. The van der Waals surface area contributed by atoms with Crippen molar-refractivity contribution in [3.8, 4) is 22.3 Å². The molecular formula is C45H29N3O2. The highest BCUT2D eigenvalue weighted by Crippen LogP contribution is 2.37. The van der Waals surface area contributed by atoms with E-state index in [0.717, 1.165) is 83.4 Å². The predicted molar refractivity (Wildman–Crippen MR) is 204 cm³/mol. The van der Waals surface area contributed by atoms with Gasteiger partial charge in [0.2, 0.25) is 0 Å². The van der Waals surface area contributed by atoms with Crippen LogP contribution in [0.25, 0.3) is 66.1 Å². The van der Waals surface area contributed by atoms with Crippen LogP contribution in [0.15, 0.2) is 183 Å². The van der Waals surface area contributed by atoms with E-state index in [1.807, 2.05) is 54.6 Å². The Kier molecular flexibility index (Phi) is 6.49. The summed E-state index contributed by atoms with van der Waals surface area (Å²) in [5, 5.41) is 7.82. The number of amidine groups is 2. The molecule has 9 aromatic rings. The molecule has 10 rings (SSSR count).